The van der Waals surface area contributed by atoms with Gasteiger partial charge in [0.1, 0.15) is 6.10 Å². The van der Waals surface area contributed by atoms with E-state index in [0.29, 0.717) is 22.4 Å². The van der Waals surface area contributed by atoms with Gasteiger partial charge in [0.2, 0.25) is 0 Å². The highest BCUT2D eigenvalue weighted by atomic mass is 19.4. The molecular weight excluding hydrogens is 267 g/mol. The molecule has 0 aliphatic carbocycles. The van der Waals surface area contributed by atoms with Crippen LogP contribution in [0.1, 0.15) is 28.4 Å². The molecule has 3 N–H and O–H groups in total. The van der Waals surface area contributed by atoms with Gasteiger partial charge in [0.15, 0.2) is 0 Å². The molecule has 106 valence electrons. The summed E-state index contributed by atoms with van der Waals surface area (Å²) < 4.78 is 37.8. The standard InChI is InChI=1S/C15H14F3NO/c1-9-7-11(15(16,17)18)5-6-13(9)14(20)10-3-2-4-12(19)8-10/h2-8,14,20H,19H2,1H3. The van der Waals surface area contributed by atoms with Crippen LogP contribution in [-0.2, 0) is 6.18 Å². The van der Waals surface area contributed by atoms with Gasteiger partial charge in [-0.1, -0.05) is 18.2 Å². The lowest BCUT2D eigenvalue weighted by Crippen LogP contribution is -2.08. The molecule has 0 saturated carbocycles. The van der Waals surface area contributed by atoms with Crippen molar-refractivity contribution in [1.82, 2.24) is 0 Å². The fraction of sp³-hybridized carbons (Fsp3) is 0.200. The van der Waals surface area contributed by atoms with E-state index in [4.69, 9.17) is 5.73 Å². The molecule has 0 spiro atoms. The Kier molecular flexibility index (Phi) is 3.72. The Hall–Kier alpha value is -2.01. The molecule has 0 fully saturated rings. The van der Waals surface area contributed by atoms with Crippen molar-refractivity contribution in [3.05, 3.63) is 64.7 Å². The first kappa shape index (κ1) is 14.4. The third-order valence-electron chi connectivity index (χ3n) is 3.12. The minimum absolute atomic E-state index is 0.384. The molecule has 0 amide bonds. The summed E-state index contributed by atoms with van der Waals surface area (Å²) >= 11 is 0. The first-order valence-corrected chi connectivity index (χ1v) is 6.00. The molecule has 2 aromatic rings. The number of aliphatic hydroxyl groups excluding tert-OH is 1. The summed E-state index contributed by atoms with van der Waals surface area (Å²) in [6, 6.07) is 9.94. The highest BCUT2D eigenvalue weighted by Crippen LogP contribution is 2.33. The van der Waals surface area contributed by atoms with Gasteiger partial charge in [0.25, 0.3) is 0 Å². The maximum absolute atomic E-state index is 12.6. The van der Waals surface area contributed by atoms with Crippen LogP contribution in [0.3, 0.4) is 0 Å². The number of rotatable bonds is 2. The number of benzene rings is 2. The molecule has 1 atom stereocenters. The highest BCUT2D eigenvalue weighted by molar-refractivity contribution is 5.45. The van der Waals surface area contributed by atoms with E-state index >= 15 is 0 Å². The number of alkyl halides is 3. The van der Waals surface area contributed by atoms with Gasteiger partial charge >= 0.3 is 6.18 Å². The normalized spacial score (nSPS) is 13.2. The van der Waals surface area contributed by atoms with Crippen LogP contribution in [0.5, 0.6) is 0 Å². The molecule has 2 rings (SSSR count). The van der Waals surface area contributed by atoms with Crippen LogP contribution in [0.15, 0.2) is 42.5 Å². The zero-order chi connectivity index (χ0) is 14.9. The number of hydrogen-bond donors (Lipinski definition) is 2. The van der Waals surface area contributed by atoms with Crippen LogP contribution >= 0.6 is 0 Å². The van der Waals surface area contributed by atoms with Crippen LogP contribution in [0.2, 0.25) is 0 Å². The molecule has 0 heterocycles. The summed E-state index contributed by atoms with van der Waals surface area (Å²) in [6.07, 6.45) is -5.38. The average molecular weight is 281 g/mol. The maximum atomic E-state index is 12.6. The monoisotopic (exact) mass is 281 g/mol. The largest absolute Gasteiger partial charge is 0.416 e. The van der Waals surface area contributed by atoms with Gasteiger partial charge in [0, 0.05) is 5.69 Å². The van der Waals surface area contributed by atoms with Crippen LogP contribution in [0.25, 0.3) is 0 Å². The number of halogens is 3. The Morgan fingerprint density at radius 2 is 1.80 bits per heavy atom. The summed E-state index contributed by atoms with van der Waals surface area (Å²) in [5, 5.41) is 10.3. The van der Waals surface area contributed by atoms with Gasteiger partial charge < -0.3 is 10.8 Å². The third-order valence-corrected chi connectivity index (χ3v) is 3.12. The molecule has 0 radical (unpaired) electrons. The molecule has 2 aromatic carbocycles. The van der Waals surface area contributed by atoms with Crippen LogP contribution < -0.4 is 5.73 Å². The maximum Gasteiger partial charge on any atom is 0.416 e. The minimum atomic E-state index is -4.38. The van der Waals surface area contributed by atoms with Crippen molar-refractivity contribution in [1.29, 1.82) is 0 Å². The van der Waals surface area contributed by atoms with Crippen molar-refractivity contribution < 1.29 is 18.3 Å². The zero-order valence-corrected chi connectivity index (χ0v) is 10.8. The third kappa shape index (κ3) is 2.93. The zero-order valence-electron chi connectivity index (χ0n) is 10.8. The molecule has 2 nitrogen and oxygen atoms in total. The van der Waals surface area contributed by atoms with Gasteiger partial charge in [-0.2, -0.15) is 13.2 Å². The predicted molar refractivity (Wildman–Crippen MR) is 71.1 cm³/mol. The molecule has 0 bridgehead atoms. The van der Waals surface area contributed by atoms with Crippen LogP contribution in [0.4, 0.5) is 18.9 Å². The Balaban J connectivity index is 2.38. The van der Waals surface area contributed by atoms with E-state index in [1.54, 1.807) is 31.2 Å². The minimum Gasteiger partial charge on any atom is -0.399 e. The summed E-state index contributed by atoms with van der Waals surface area (Å²) in [6.45, 7) is 1.54. The van der Waals surface area contributed by atoms with E-state index in [1.807, 2.05) is 0 Å². The number of anilines is 1. The number of hydrogen-bond acceptors (Lipinski definition) is 2. The smallest absolute Gasteiger partial charge is 0.399 e. The van der Waals surface area contributed by atoms with E-state index in [0.717, 1.165) is 12.1 Å². The fourth-order valence-corrected chi connectivity index (χ4v) is 2.07. The van der Waals surface area contributed by atoms with Gasteiger partial charge in [-0.05, 0) is 47.9 Å². The Morgan fingerprint density at radius 3 is 2.35 bits per heavy atom. The summed E-state index contributed by atoms with van der Waals surface area (Å²) in [7, 11) is 0. The molecular formula is C15H14F3NO. The Labute approximate surface area is 114 Å². The van der Waals surface area contributed by atoms with E-state index in [-0.39, 0.29) is 0 Å². The molecule has 0 aliphatic rings. The molecule has 20 heavy (non-hydrogen) atoms. The summed E-state index contributed by atoms with van der Waals surface area (Å²) in [5.41, 5.74) is 6.77. The number of nitrogens with two attached hydrogens (primary N) is 1. The quantitative estimate of drug-likeness (QED) is 0.825. The van der Waals surface area contributed by atoms with Crippen molar-refractivity contribution in [3.63, 3.8) is 0 Å². The highest BCUT2D eigenvalue weighted by Gasteiger charge is 2.31. The SMILES string of the molecule is Cc1cc(C(F)(F)F)ccc1C(O)c1cccc(N)c1. The lowest BCUT2D eigenvalue weighted by molar-refractivity contribution is -0.137. The molecule has 0 aliphatic heterocycles. The second-order valence-corrected chi connectivity index (χ2v) is 4.64. The lowest BCUT2D eigenvalue weighted by atomic mass is 9.95. The second-order valence-electron chi connectivity index (χ2n) is 4.64. The number of aliphatic hydroxyl groups is 1. The van der Waals surface area contributed by atoms with Gasteiger partial charge in [-0.25, -0.2) is 0 Å². The van der Waals surface area contributed by atoms with E-state index < -0.39 is 17.8 Å². The Morgan fingerprint density at radius 1 is 1.10 bits per heavy atom. The van der Waals surface area contributed by atoms with Crippen molar-refractivity contribution in [2.24, 2.45) is 0 Å². The Bertz CT molecular complexity index is 623. The molecule has 0 saturated heterocycles. The van der Waals surface area contributed by atoms with E-state index in [2.05, 4.69) is 0 Å². The van der Waals surface area contributed by atoms with Crippen molar-refractivity contribution >= 4 is 5.69 Å². The van der Waals surface area contributed by atoms with Gasteiger partial charge in [-0.3, -0.25) is 0 Å². The predicted octanol–water partition coefficient (Wildman–Crippen LogP) is 3.68. The van der Waals surface area contributed by atoms with Crippen molar-refractivity contribution in [2.45, 2.75) is 19.2 Å². The number of aryl methyl sites for hydroxylation is 1. The van der Waals surface area contributed by atoms with Crippen molar-refractivity contribution in [3.8, 4) is 0 Å². The fourth-order valence-electron chi connectivity index (χ4n) is 2.07. The van der Waals surface area contributed by atoms with Crippen molar-refractivity contribution in [2.75, 3.05) is 5.73 Å². The summed E-state index contributed by atoms with van der Waals surface area (Å²) in [5.74, 6) is 0. The van der Waals surface area contributed by atoms with Crippen LogP contribution in [-0.4, -0.2) is 5.11 Å². The average Bonchev–Trinajstić information content (AvgIpc) is 2.36. The van der Waals surface area contributed by atoms with Gasteiger partial charge in [0.05, 0.1) is 5.56 Å². The molecule has 0 aromatic heterocycles. The van der Waals surface area contributed by atoms with E-state index in [9.17, 15) is 18.3 Å². The molecule has 5 heteroatoms. The van der Waals surface area contributed by atoms with E-state index in [1.165, 1.54) is 6.07 Å². The topological polar surface area (TPSA) is 46.2 Å². The lowest BCUT2D eigenvalue weighted by Gasteiger charge is -2.16. The first-order chi connectivity index (χ1) is 9.29. The molecule has 1 unspecified atom stereocenters. The second kappa shape index (κ2) is 5.17. The first-order valence-electron chi connectivity index (χ1n) is 6.00. The summed E-state index contributed by atoms with van der Waals surface area (Å²) in [4.78, 5) is 0. The number of nitrogen functional groups attached to an aromatic ring is 1. The van der Waals surface area contributed by atoms with Crippen LogP contribution in [0, 0.1) is 6.92 Å². The van der Waals surface area contributed by atoms with Gasteiger partial charge in [-0.15, -0.1) is 0 Å².